The number of nitrogens with zero attached hydrogens (tertiary/aromatic N) is 1. The molecule has 1 unspecified atom stereocenters. The Bertz CT molecular complexity index is 174. The van der Waals surface area contributed by atoms with Crippen LogP contribution < -0.4 is 5.32 Å². The first-order valence-electron chi connectivity index (χ1n) is 4.64. The number of halogens is 3. The van der Waals surface area contributed by atoms with E-state index in [1.54, 1.807) is 0 Å². The maximum Gasteiger partial charge on any atom is 0.441 e. The Morgan fingerprint density at radius 1 is 1.50 bits per heavy atom. The minimum Gasteiger partial charge on any atom is -0.312 e. The van der Waals surface area contributed by atoms with Gasteiger partial charge >= 0.3 is 5.51 Å². The molecular weight excluding hydrogens is 213 g/mol. The summed E-state index contributed by atoms with van der Waals surface area (Å²) in [4.78, 5) is 2.07. The first kappa shape index (κ1) is 12.1. The van der Waals surface area contributed by atoms with Gasteiger partial charge in [-0.2, -0.15) is 13.2 Å². The Balaban J connectivity index is 2.12. The molecule has 6 heteroatoms. The van der Waals surface area contributed by atoms with Crippen LogP contribution in [0.3, 0.4) is 0 Å². The summed E-state index contributed by atoms with van der Waals surface area (Å²) in [6, 6.07) is 0.389. The summed E-state index contributed by atoms with van der Waals surface area (Å²) in [6.45, 7) is 5.14. The Labute approximate surface area is 86.2 Å². The fraction of sp³-hybridized carbons (Fsp3) is 1.00. The van der Waals surface area contributed by atoms with E-state index in [0.717, 1.165) is 19.6 Å². The Morgan fingerprint density at radius 3 is 2.79 bits per heavy atom. The van der Waals surface area contributed by atoms with Crippen LogP contribution in [0.25, 0.3) is 0 Å². The van der Waals surface area contributed by atoms with E-state index in [-0.39, 0.29) is 17.5 Å². The molecule has 1 N–H and O–H groups in total. The van der Waals surface area contributed by atoms with Crippen molar-refractivity contribution in [1.29, 1.82) is 0 Å². The largest absolute Gasteiger partial charge is 0.441 e. The highest BCUT2D eigenvalue weighted by molar-refractivity contribution is 8.00. The minimum absolute atomic E-state index is 0.0664. The topological polar surface area (TPSA) is 15.3 Å². The molecule has 1 heterocycles. The molecule has 0 bridgehead atoms. The third kappa shape index (κ3) is 5.07. The van der Waals surface area contributed by atoms with Gasteiger partial charge in [0.15, 0.2) is 0 Å². The van der Waals surface area contributed by atoms with E-state index in [9.17, 15) is 13.2 Å². The molecule has 0 saturated carbocycles. The number of hydrogen-bond acceptors (Lipinski definition) is 3. The lowest BCUT2D eigenvalue weighted by Crippen LogP contribution is -2.49. The van der Waals surface area contributed by atoms with Gasteiger partial charge in [-0.05, 0) is 18.7 Å². The van der Waals surface area contributed by atoms with Crippen LogP contribution in [0.15, 0.2) is 0 Å². The smallest absolute Gasteiger partial charge is 0.312 e. The van der Waals surface area contributed by atoms with Gasteiger partial charge in [0.25, 0.3) is 0 Å². The Morgan fingerprint density at radius 2 is 2.21 bits per heavy atom. The summed E-state index contributed by atoms with van der Waals surface area (Å²) in [5.74, 6) is 0.135. The molecule has 0 radical (unpaired) electrons. The monoisotopic (exact) mass is 228 g/mol. The molecule has 0 aromatic rings. The van der Waals surface area contributed by atoms with Crippen molar-refractivity contribution in [3.63, 3.8) is 0 Å². The van der Waals surface area contributed by atoms with E-state index in [1.807, 2.05) is 6.92 Å². The lowest BCUT2D eigenvalue weighted by Gasteiger charge is -2.31. The van der Waals surface area contributed by atoms with Crippen LogP contribution in [0.2, 0.25) is 0 Å². The fourth-order valence-electron chi connectivity index (χ4n) is 1.51. The molecule has 0 aromatic carbocycles. The van der Waals surface area contributed by atoms with E-state index in [0.29, 0.717) is 12.6 Å². The number of hydrogen-bond donors (Lipinski definition) is 1. The van der Waals surface area contributed by atoms with Crippen molar-refractivity contribution in [3.8, 4) is 0 Å². The Kier molecular flexibility index (Phi) is 4.53. The molecule has 1 aliphatic rings. The second-order valence-electron chi connectivity index (χ2n) is 3.45. The van der Waals surface area contributed by atoms with Crippen molar-refractivity contribution in [2.75, 3.05) is 31.9 Å². The van der Waals surface area contributed by atoms with Crippen LogP contribution in [-0.4, -0.2) is 48.4 Å². The lowest BCUT2D eigenvalue weighted by molar-refractivity contribution is -0.0328. The van der Waals surface area contributed by atoms with Crippen molar-refractivity contribution in [3.05, 3.63) is 0 Å². The molecule has 0 aromatic heterocycles. The van der Waals surface area contributed by atoms with Gasteiger partial charge in [-0.3, -0.25) is 4.90 Å². The van der Waals surface area contributed by atoms with Crippen LogP contribution in [0, 0.1) is 0 Å². The molecule has 1 saturated heterocycles. The molecule has 2 nitrogen and oxygen atoms in total. The van der Waals surface area contributed by atoms with Crippen LogP contribution >= 0.6 is 11.8 Å². The molecular formula is C8H15F3N2S. The fourth-order valence-corrected chi connectivity index (χ4v) is 2.09. The van der Waals surface area contributed by atoms with Gasteiger partial charge in [0.05, 0.1) is 0 Å². The number of piperazine rings is 1. The molecule has 14 heavy (non-hydrogen) atoms. The van der Waals surface area contributed by atoms with E-state index in [4.69, 9.17) is 0 Å². The second-order valence-corrected chi connectivity index (χ2v) is 4.61. The van der Waals surface area contributed by atoms with E-state index in [2.05, 4.69) is 10.2 Å². The van der Waals surface area contributed by atoms with Crippen molar-refractivity contribution >= 4 is 11.8 Å². The van der Waals surface area contributed by atoms with Gasteiger partial charge in [-0.25, -0.2) is 0 Å². The van der Waals surface area contributed by atoms with Crippen molar-refractivity contribution in [2.24, 2.45) is 0 Å². The van der Waals surface area contributed by atoms with Crippen LogP contribution in [-0.2, 0) is 0 Å². The maximum absolute atomic E-state index is 11.8. The normalized spacial score (nSPS) is 25.3. The molecule has 1 aliphatic heterocycles. The summed E-state index contributed by atoms with van der Waals surface area (Å²) in [5.41, 5.74) is -4.08. The van der Waals surface area contributed by atoms with Crippen LogP contribution in [0.1, 0.15) is 6.92 Å². The second kappa shape index (κ2) is 5.23. The highest BCUT2D eigenvalue weighted by Crippen LogP contribution is 2.29. The lowest BCUT2D eigenvalue weighted by atomic mass is 10.2. The van der Waals surface area contributed by atoms with Gasteiger partial charge in [0.2, 0.25) is 0 Å². The summed E-state index contributed by atoms with van der Waals surface area (Å²) >= 11 is 0.0664. The molecule has 0 aliphatic carbocycles. The van der Waals surface area contributed by atoms with Crippen LogP contribution in [0.4, 0.5) is 13.2 Å². The Hall–Kier alpha value is 0.0600. The standard InChI is InChI=1S/C8H15F3N2S/c1-7-6-13(3-2-12-7)4-5-14-8(9,10)11/h7,12H,2-6H2,1H3. The van der Waals surface area contributed by atoms with E-state index in [1.165, 1.54) is 0 Å². The van der Waals surface area contributed by atoms with Gasteiger partial charge < -0.3 is 5.32 Å². The number of alkyl halides is 3. The average molecular weight is 228 g/mol. The summed E-state index contributed by atoms with van der Waals surface area (Å²) in [6.07, 6.45) is 0. The predicted molar refractivity (Wildman–Crippen MR) is 52.4 cm³/mol. The average Bonchev–Trinajstić information content (AvgIpc) is 2.01. The zero-order valence-corrected chi connectivity index (χ0v) is 8.92. The first-order chi connectivity index (χ1) is 6.47. The van der Waals surface area contributed by atoms with Gasteiger partial charge in [0, 0.05) is 38.0 Å². The molecule has 1 atom stereocenters. The molecule has 1 fully saturated rings. The predicted octanol–water partition coefficient (Wildman–Crippen LogP) is 1.53. The molecule has 1 rings (SSSR count). The first-order valence-corrected chi connectivity index (χ1v) is 5.62. The van der Waals surface area contributed by atoms with E-state index < -0.39 is 5.51 Å². The third-order valence-electron chi connectivity index (χ3n) is 2.13. The SMILES string of the molecule is CC1CN(CCSC(F)(F)F)CCN1. The van der Waals surface area contributed by atoms with Crippen molar-refractivity contribution < 1.29 is 13.2 Å². The molecule has 0 amide bonds. The zero-order valence-electron chi connectivity index (χ0n) is 8.10. The van der Waals surface area contributed by atoms with Gasteiger partial charge in [-0.15, -0.1) is 0 Å². The van der Waals surface area contributed by atoms with Gasteiger partial charge in [0.1, 0.15) is 0 Å². The van der Waals surface area contributed by atoms with Crippen LogP contribution in [0.5, 0.6) is 0 Å². The highest BCUT2D eigenvalue weighted by Gasteiger charge is 2.28. The molecule has 84 valence electrons. The zero-order chi connectivity index (χ0) is 10.6. The number of nitrogens with one attached hydrogen (secondary N) is 1. The number of thioether (sulfide) groups is 1. The van der Waals surface area contributed by atoms with Gasteiger partial charge in [-0.1, -0.05) is 0 Å². The number of rotatable bonds is 3. The van der Waals surface area contributed by atoms with E-state index >= 15 is 0 Å². The summed E-state index contributed by atoms with van der Waals surface area (Å²) in [5, 5.41) is 3.25. The van der Waals surface area contributed by atoms with Crippen molar-refractivity contribution in [2.45, 2.75) is 18.5 Å². The summed E-state index contributed by atoms with van der Waals surface area (Å²) < 4.78 is 35.5. The molecule has 0 spiro atoms. The quantitative estimate of drug-likeness (QED) is 0.788. The highest BCUT2D eigenvalue weighted by atomic mass is 32.2. The maximum atomic E-state index is 11.8. The summed E-state index contributed by atoms with van der Waals surface area (Å²) in [7, 11) is 0. The third-order valence-corrected chi connectivity index (χ3v) is 2.84. The minimum atomic E-state index is -4.08. The van der Waals surface area contributed by atoms with Crippen molar-refractivity contribution in [1.82, 2.24) is 10.2 Å².